The summed E-state index contributed by atoms with van der Waals surface area (Å²) in [5.74, 6) is -0.0398. The van der Waals surface area contributed by atoms with Crippen molar-refractivity contribution in [1.82, 2.24) is 0 Å². The fourth-order valence-electron chi connectivity index (χ4n) is 9.65. The molecule has 19 heteroatoms. The highest BCUT2D eigenvalue weighted by Gasteiger charge is 2.30. The van der Waals surface area contributed by atoms with Crippen LogP contribution in [0.5, 0.6) is 0 Å². The van der Waals surface area contributed by atoms with Crippen LogP contribution in [0.2, 0.25) is 0 Å². The molecule has 0 saturated heterocycles. The van der Waals surface area contributed by atoms with E-state index in [9.17, 15) is 43.2 Å². The van der Waals surface area contributed by atoms with Crippen molar-refractivity contribution in [3.63, 3.8) is 0 Å². The van der Waals surface area contributed by atoms with Crippen LogP contribution in [-0.2, 0) is 65.4 Å². The van der Waals surface area contributed by atoms with Crippen LogP contribution in [0.1, 0.15) is 312 Å². The van der Waals surface area contributed by atoms with E-state index in [-0.39, 0.29) is 25.7 Å². The largest absolute Gasteiger partial charge is 0.472 e. The molecule has 0 fully saturated rings. The van der Waals surface area contributed by atoms with E-state index in [0.29, 0.717) is 31.6 Å². The molecule has 5 atom stereocenters. The topological polar surface area (TPSA) is 237 Å². The van der Waals surface area contributed by atoms with Crippen molar-refractivity contribution in [2.75, 3.05) is 39.6 Å². The summed E-state index contributed by atoms with van der Waals surface area (Å²) in [6.45, 7) is 11.6. The maximum atomic E-state index is 13.0. The normalized spacial score (nSPS) is 14.4. The Bertz CT molecular complexity index is 1810. The Morgan fingerprint density at radius 1 is 0.356 bits per heavy atom. The fourth-order valence-corrected chi connectivity index (χ4v) is 11.2. The number of phosphoric acid groups is 2. The van der Waals surface area contributed by atoms with Gasteiger partial charge in [0.2, 0.25) is 0 Å². The van der Waals surface area contributed by atoms with E-state index < -0.39 is 97.5 Å². The molecule has 0 aromatic rings. The predicted octanol–water partition coefficient (Wildman–Crippen LogP) is 18.6. The lowest BCUT2D eigenvalue weighted by Gasteiger charge is -2.21. The molecule has 0 aromatic heterocycles. The van der Waals surface area contributed by atoms with Crippen molar-refractivity contribution in [2.24, 2.45) is 17.8 Å². The maximum absolute atomic E-state index is 13.0. The van der Waals surface area contributed by atoms with E-state index in [1.54, 1.807) is 0 Å². The smallest absolute Gasteiger partial charge is 0.462 e. The van der Waals surface area contributed by atoms with Gasteiger partial charge in [-0.05, 0) is 69.1 Å². The zero-order valence-electron chi connectivity index (χ0n) is 56.0. The number of phosphoric ester groups is 2. The summed E-state index contributed by atoms with van der Waals surface area (Å²) < 4.78 is 68.1. The van der Waals surface area contributed by atoms with E-state index in [2.05, 4.69) is 72.8 Å². The Morgan fingerprint density at radius 2 is 0.621 bits per heavy atom. The third-order valence-electron chi connectivity index (χ3n) is 15.0. The van der Waals surface area contributed by atoms with E-state index in [1.807, 2.05) is 0 Å². The highest BCUT2D eigenvalue weighted by atomic mass is 31.2. The van der Waals surface area contributed by atoms with Crippen molar-refractivity contribution >= 4 is 39.5 Å². The molecule has 0 aliphatic heterocycles. The van der Waals surface area contributed by atoms with E-state index in [0.717, 1.165) is 121 Å². The van der Waals surface area contributed by atoms with Gasteiger partial charge in [0, 0.05) is 25.7 Å². The molecule has 3 N–H and O–H groups in total. The summed E-state index contributed by atoms with van der Waals surface area (Å²) >= 11 is 0. The predicted molar refractivity (Wildman–Crippen MR) is 349 cm³/mol. The highest BCUT2D eigenvalue weighted by molar-refractivity contribution is 7.47. The monoisotopic (exact) mass is 1280 g/mol. The van der Waals surface area contributed by atoms with Gasteiger partial charge in [0.05, 0.1) is 26.4 Å². The first-order valence-electron chi connectivity index (χ1n) is 34.7. The molecular formula is C68H128O17P2. The second kappa shape index (κ2) is 58.6. The Kier molecular flexibility index (Phi) is 57.0. The Balaban J connectivity index is 5.27. The molecule has 512 valence electrons. The number of aliphatic hydroxyl groups is 1. The van der Waals surface area contributed by atoms with E-state index in [4.69, 9.17) is 37.0 Å². The second-order valence-electron chi connectivity index (χ2n) is 25.3. The van der Waals surface area contributed by atoms with Crippen molar-refractivity contribution in [3.8, 4) is 0 Å². The summed E-state index contributed by atoms with van der Waals surface area (Å²) in [6, 6.07) is 0. The van der Waals surface area contributed by atoms with Crippen LogP contribution in [-0.4, -0.2) is 96.7 Å². The van der Waals surface area contributed by atoms with Gasteiger partial charge in [0.15, 0.2) is 12.2 Å². The summed E-state index contributed by atoms with van der Waals surface area (Å²) in [4.78, 5) is 72.3. The van der Waals surface area contributed by atoms with Gasteiger partial charge in [-0.25, -0.2) is 9.13 Å². The van der Waals surface area contributed by atoms with Crippen LogP contribution < -0.4 is 0 Å². The number of aliphatic hydroxyl groups excluding tert-OH is 1. The third kappa shape index (κ3) is 62.1. The fraction of sp³-hybridized carbons (Fsp3) is 0.882. The summed E-state index contributed by atoms with van der Waals surface area (Å²) in [6.07, 6.45) is 44.1. The van der Waals surface area contributed by atoms with Crippen LogP contribution >= 0.6 is 15.6 Å². The minimum atomic E-state index is -4.96. The molecule has 0 heterocycles. The Morgan fingerprint density at radius 3 is 0.931 bits per heavy atom. The number of allylic oxidation sites excluding steroid dienone is 4. The van der Waals surface area contributed by atoms with Gasteiger partial charge in [-0.1, -0.05) is 259 Å². The van der Waals surface area contributed by atoms with Gasteiger partial charge in [0.1, 0.15) is 19.3 Å². The quantitative estimate of drug-likeness (QED) is 0.0169. The SMILES string of the molecule is CCCCCC/C=C\C=C/CCCCCCCC(=O)OC[C@H](COP(=O)(O)OCC(O)COP(=O)(O)OC[C@@H](COC(=O)CCCCCCCCCCC(C)C)OC(=O)CCCCCCCCC(C)C)OC(=O)CCCCCCCCCCCC(C)C. The number of unbranched alkanes of at least 4 members (excludes halogenated alkanes) is 29. The molecule has 3 unspecified atom stereocenters. The minimum absolute atomic E-state index is 0.0977. The number of carbonyl (C=O) groups excluding carboxylic acids is 4. The Labute approximate surface area is 529 Å². The van der Waals surface area contributed by atoms with Crippen molar-refractivity contribution in [2.45, 2.75) is 330 Å². The number of esters is 4. The van der Waals surface area contributed by atoms with Gasteiger partial charge in [-0.3, -0.25) is 37.3 Å². The molecule has 0 saturated carbocycles. The van der Waals surface area contributed by atoms with Crippen molar-refractivity contribution < 1.29 is 80.2 Å². The zero-order valence-corrected chi connectivity index (χ0v) is 57.7. The number of carbonyl (C=O) groups is 4. The molecule has 0 radical (unpaired) electrons. The van der Waals surface area contributed by atoms with Crippen molar-refractivity contribution in [1.29, 1.82) is 0 Å². The average Bonchev–Trinajstić information content (AvgIpc) is 3.64. The van der Waals surface area contributed by atoms with Crippen LogP contribution in [0, 0.1) is 17.8 Å². The van der Waals surface area contributed by atoms with Gasteiger partial charge in [-0.2, -0.15) is 0 Å². The minimum Gasteiger partial charge on any atom is -0.462 e. The molecule has 87 heavy (non-hydrogen) atoms. The van der Waals surface area contributed by atoms with Gasteiger partial charge >= 0.3 is 39.5 Å². The molecule has 17 nitrogen and oxygen atoms in total. The number of hydrogen-bond donors (Lipinski definition) is 3. The van der Waals surface area contributed by atoms with Crippen LogP contribution in [0.25, 0.3) is 0 Å². The molecule has 0 aromatic carbocycles. The summed E-state index contributed by atoms with van der Waals surface area (Å²) in [7, 11) is -9.91. The zero-order chi connectivity index (χ0) is 64.5. The van der Waals surface area contributed by atoms with Crippen LogP contribution in [0.4, 0.5) is 0 Å². The molecule has 0 rings (SSSR count). The average molecular weight is 1280 g/mol. The number of rotatable bonds is 64. The van der Waals surface area contributed by atoms with Gasteiger partial charge in [0.25, 0.3) is 0 Å². The van der Waals surface area contributed by atoms with E-state index >= 15 is 0 Å². The molecular weight excluding hydrogens is 1150 g/mol. The van der Waals surface area contributed by atoms with Crippen molar-refractivity contribution in [3.05, 3.63) is 24.3 Å². The van der Waals surface area contributed by atoms with Crippen LogP contribution in [0.3, 0.4) is 0 Å². The summed E-state index contributed by atoms with van der Waals surface area (Å²) in [5.41, 5.74) is 0. The lowest BCUT2D eigenvalue weighted by molar-refractivity contribution is -0.161. The first-order valence-corrected chi connectivity index (χ1v) is 37.7. The molecule has 0 bridgehead atoms. The second-order valence-corrected chi connectivity index (χ2v) is 28.2. The standard InChI is InChI=1S/C68H128O17P2/c1-8-9-10-11-12-13-14-15-16-17-18-21-27-35-42-49-65(70)78-55-63(84-67(72)51-44-37-29-22-19-20-25-32-39-46-59(2)3)57-82-86(74,75)80-53-62(69)54-81-87(76,77)83-58-64(85-68(73)52-45-38-31-30-34-41-48-61(6)7)56-79-66(71)50-43-36-28-24-23-26-33-40-47-60(4)5/h13-16,59-64,69H,8-12,17-58H2,1-7H3,(H,74,75)(H,76,77)/b14-13-,16-15-/t62?,63-,64-/m1/s1. The first kappa shape index (κ1) is 84.5. The summed E-state index contributed by atoms with van der Waals surface area (Å²) in [5, 5.41) is 10.6. The molecule has 0 aliphatic carbocycles. The van der Waals surface area contributed by atoms with Gasteiger partial charge in [-0.15, -0.1) is 0 Å². The Hall–Kier alpha value is -2.46. The lowest BCUT2D eigenvalue weighted by Crippen LogP contribution is -2.30. The van der Waals surface area contributed by atoms with Crippen LogP contribution in [0.15, 0.2) is 24.3 Å². The third-order valence-corrected chi connectivity index (χ3v) is 16.9. The molecule has 0 spiro atoms. The lowest BCUT2D eigenvalue weighted by atomic mass is 10.0. The number of ether oxygens (including phenoxy) is 4. The first-order chi connectivity index (χ1) is 41.7. The molecule has 0 aliphatic rings. The van der Waals surface area contributed by atoms with Gasteiger partial charge < -0.3 is 33.8 Å². The van der Waals surface area contributed by atoms with E-state index in [1.165, 1.54) is 103 Å². The highest BCUT2D eigenvalue weighted by Crippen LogP contribution is 2.45. The number of hydrogen-bond acceptors (Lipinski definition) is 15. The maximum Gasteiger partial charge on any atom is 0.472 e. The molecule has 0 amide bonds.